The van der Waals surface area contributed by atoms with Gasteiger partial charge in [0, 0.05) is 18.5 Å². The van der Waals surface area contributed by atoms with Crippen LogP contribution in [0, 0.1) is 0 Å². The number of esters is 1. The van der Waals surface area contributed by atoms with Crippen LogP contribution in [-0.2, 0) is 26.8 Å². The third-order valence-corrected chi connectivity index (χ3v) is 6.63. The number of aromatic nitrogens is 2. The molecule has 0 atom stereocenters. The molecule has 1 aromatic heterocycles. The largest absolute Gasteiger partial charge is 0.452 e. The van der Waals surface area contributed by atoms with Crippen LogP contribution in [0.2, 0.25) is 0 Å². The minimum Gasteiger partial charge on any atom is -0.452 e. The van der Waals surface area contributed by atoms with Crippen molar-refractivity contribution in [1.82, 2.24) is 14.4 Å². The molecule has 0 spiro atoms. The number of carbonyl (C=O) groups is 1. The number of hydrogen-bond donors (Lipinski definition) is 0. The molecular weight excluding hydrogens is 394 g/mol. The van der Waals surface area contributed by atoms with Crippen molar-refractivity contribution >= 4 is 16.0 Å². The lowest BCUT2D eigenvalue weighted by atomic mass is 9.96. The van der Waals surface area contributed by atoms with Gasteiger partial charge in [0.1, 0.15) is 0 Å². The van der Waals surface area contributed by atoms with Crippen LogP contribution in [-0.4, -0.2) is 41.9 Å². The van der Waals surface area contributed by atoms with E-state index in [9.17, 15) is 13.2 Å². The second-order valence-electron chi connectivity index (χ2n) is 8.18. The number of ether oxygens (including phenoxy) is 1. The average molecular weight is 422 g/mol. The zero-order valence-electron chi connectivity index (χ0n) is 17.1. The standard InChI is InChI=1S/C20H27N3O5S/c1-20(2,3)19-21-17(28-22-19)14-27-18(24)15-9-8-10-16(13-15)29(25,26)23-11-6-4-5-7-12-23/h8-10,13H,4-7,11-12,14H2,1-3H3. The minimum absolute atomic E-state index is 0.0988. The predicted molar refractivity (Wildman–Crippen MR) is 106 cm³/mol. The molecule has 1 aliphatic heterocycles. The maximum absolute atomic E-state index is 12.9. The Morgan fingerprint density at radius 2 is 1.86 bits per heavy atom. The van der Waals surface area contributed by atoms with Gasteiger partial charge in [-0.25, -0.2) is 13.2 Å². The molecule has 0 N–H and O–H groups in total. The Morgan fingerprint density at radius 1 is 1.17 bits per heavy atom. The Hall–Kier alpha value is -2.26. The lowest BCUT2D eigenvalue weighted by Gasteiger charge is -2.20. The van der Waals surface area contributed by atoms with E-state index in [-0.39, 0.29) is 28.4 Å². The lowest BCUT2D eigenvalue weighted by Crippen LogP contribution is -2.32. The van der Waals surface area contributed by atoms with Crippen molar-refractivity contribution in [3.8, 4) is 0 Å². The van der Waals surface area contributed by atoms with E-state index in [2.05, 4.69) is 10.1 Å². The van der Waals surface area contributed by atoms with Gasteiger partial charge in [0.25, 0.3) is 5.89 Å². The zero-order chi connectivity index (χ0) is 21.1. The fraction of sp³-hybridized carbons (Fsp3) is 0.550. The summed E-state index contributed by atoms with van der Waals surface area (Å²) in [6, 6.07) is 5.94. The first-order chi connectivity index (χ1) is 13.7. The maximum atomic E-state index is 12.9. The number of carbonyl (C=O) groups excluding carboxylic acids is 1. The van der Waals surface area contributed by atoms with Crippen molar-refractivity contribution in [2.24, 2.45) is 0 Å². The van der Waals surface area contributed by atoms with Crippen LogP contribution >= 0.6 is 0 Å². The van der Waals surface area contributed by atoms with Crippen LogP contribution < -0.4 is 0 Å². The summed E-state index contributed by atoms with van der Waals surface area (Å²) in [6.07, 6.45) is 3.76. The fourth-order valence-corrected chi connectivity index (χ4v) is 4.61. The van der Waals surface area contributed by atoms with Gasteiger partial charge in [-0.05, 0) is 31.0 Å². The second kappa shape index (κ2) is 8.62. The number of benzene rings is 1. The second-order valence-corrected chi connectivity index (χ2v) is 10.1. The molecule has 0 unspecified atom stereocenters. The van der Waals surface area contributed by atoms with E-state index in [4.69, 9.17) is 9.26 Å². The molecule has 0 radical (unpaired) electrons. The van der Waals surface area contributed by atoms with E-state index >= 15 is 0 Å². The smallest absolute Gasteiger partial charge is 0.338 e. The zero-order valence-corrected chi connectivity index (χ0v) is 17.9. The summed E-state index contributed by atoms with van der Waals surface area (Å²) in [7, 11) is -3.64. The van der Waals surface area contributed by atoms with E-state index in [1.165, 1.54) is 22.5 Å². The first kappa shape index (κ1) is 21.4. The highest BCUT2D eigenvalue weighted by Crippen LogP contribution is 2.22. The Bertz CT molecular complexity index is 954. The molecule has 1 aliphatic rings. The summed E-state index contributed by atoms with van der Waals surface area (Å²) in [4.78, 5) is 16.7. The molecule has 29 heavy (non-hydrogen) atoms. The molecule has 0 aliphatic carbocycles. The molecular formula is C20H27N3O5S. The number of sulfonamides is 1. The van der Waals surface area contributed by atoms with Crippen molar-refractivity contribution in [2.75, 3.05) is 13.1 Å². The normalized spacial score (nSPS) is 16.4. The molecule has 3 rings (SSSR count). The summed E-state index contributed by atoms with van der Waals surface area (Å²) in [5, 5.41) is 3.88. The van der Waals surface area contributed by atoms with Gasteiger partial charge < -0.3 is 9.26 Å². The van der Waals surface area contributed by atoms with Crippen LogP contribution in [0.4, 0.5) is 0 Å². The summed E-state index contributed by atoms with van der Waals surface area (Å²) in [6.45, 7) is 6.68. The molecule has 0 amide bonds. The van der Waals surface area contributed by atoms with Crippen molar-refractivity contribution in [1.29, 1.82) is 0 Å². The summed E-state index contributed by atoms with van der Waals surface area (Å²) >= 11 is 0. The van der Waals surface area contributed by atoms with Gasteiger partial charge in [-0.3, -0.25) is 0 Å². The van der Waals surface area contributed by atoms with Crippen LogP contribution in [0.25, 0.3) is 0 Å². The Labute approximate surface area is 171 Å². The Balaban J connectivity index is 1.70. The molecule has 2 aromatic rings. The van der Waals surface area contributed by atoms with Gasteiger partial charge in [0.2, 0.25) is 10.0 Å². The molecule has 158 valence electrons. The Morgan fingerprint density at radius 3 is 2.48 bits per heavy atom. The fourth-order valence-electron chi connectivity index (χ4n) is 3.04. The van der Waals surface area contributed by atoms with Gasteiger partial charge in [-0.2, -0.15) is 9.29 Å². The maximum Gasteiger partial charge on any atom is 0.338 e. The highest BCUT2D eigenvalue weighted by atomic mass is 32.2. The van der Waals surface area contributed by atoms with Gasteiger partial charge in [-0.1, -0.05) is 44.8 Å². The molecule has 0 saturated carbocycles. The number of hydrogen-bond acceptors (Lipinski definition) is 7. The van der Waals surface area contributed by atoms with Crippen LogP contribution in [0.15, 0.2) is 33.7 Å². The third kappa shape index (κ3) is 5.22. The topological polar surface area (TPSA) is 103 Å². The minimum atomic E-state index is -3.64. The summed E-state index contributed by atoms with van der Waals surface area (Å²) in [5.41, 5.74) is -0.113. The molecule has 1 saturated heterocycles. The van der Waals surface area contributed by atoms with Crippen molar-refractivity contribution in [2.45, 2.75) is 63.4 Å². The quantitative estimate of drug-likeness (QED) is 0.683. The van der Waals surface area contributed by atoms with E-state index in [1.54, 1.807) is 6.07 Å². The molecule has 0 bridgehead atoms. The van der Waals surface area contributed by atoms with Crippen LogP contribution in [0.3, 0.4) is 0 Å². The molecule has 8 nitrogen and oxygen atoms in total. The average Bonchev–Trinajstić information content (AvgIpc) is 3.00. The highest BCUT2D eigenvalue weighted by molar-refractivity contribution is 7.89. The van der Waals surface area contributed by atoms with E-state index < -0.39 is 16.0 Å². The molecule has 2 heterocycles. The van der Waals surface area contributed by atoms with E-state index in [1.807, 2.05) is 20.8 Å². The number of rotatable bonds is 5. The van der Waals surface area contributed by atoms with Gasteiger partial charge >= 0.3 is 5.97 Å². The van der Waals surface area contributed by atoms with E-state index in [0.717, 1.165) is 25.7 Å². The van der Waals surface area contributed by atoms with Gasteiger partial charge in [0.05, 0.1) is 10.5 Å². The van der Waals surface area contributed by atoms with E-state index in [0.29, 0.717) is 18.9 Å². The molecule has 1 aromatic carbocycles. The molecule has 1 fully saturated rings. The number of nitrogens with zero attached hydrogens (tertiary/aromatic N) is 3. The molecule has 9 heteroatoms. The van der Waals surface area contributed by atoms with Crippen LogP contribution in [0.5, 0.6) is 0 Å². The first-order valence-corrected chi connectivity index (χ1v) is 11.2. The van der Waals surface area contributed by atoms with Gasteiger partial charge in [0.15, 0.2) is 12.4 Å². The van der Waals surface area contributed by atoms with Crippen molar-refractivity contribution in [3.05, 3.63) is 41.5 Å². The first-order valence-electron chi connectivity index (χ1n) is 9.78. The predicted octanol–water partition coefficient (Wildman–Crippen LogP) is 3.29. The SMILES string of the molecule is CC(C)(C)c1noc(COC(=O)c2cccc(S(=O)(=O)N3CCCCCC3)c2)n1. The van der Waals surface area contributed by atoms with Crippen LogP contribution in [0.1, 0.15) is 68.5 Å². The highest BCUT2D eigenvalue weighted by Gasteiger charge is 2.26. The monoisotopic (exact) mass is 421 g/mol. The van der Waals surface area contributed by atoms with Crippen molar-refractivity contribution in [3.63, 3.8) is 0 Å². The summed E-state index contributed by atoms with van der Waals surface area (Å²) < 4.78 is 37.7. The Kier molecular flexibility index (Phi) is 6.38. The van der Waals surface area contributed by atoms with Gasteiger partial charge in [-0.15, -0.1) is 0 Å². The summed E-state index contributed by atoms with van der Waals surface area (Å²) in [5.74, 6) is 0.0686. The lowest BCUT2D eigenvalue weighted by molar-refractivity contribution is 0.0429. The third-order valence-electron chi connectivity index (χ3n) is 4.74. The van der Waals surface area contributed by atoms with Crippen molar-refractivity contribution < 1.29 is 22.5 Å².